The Hall–Kier alpha value is -2.01. The predicted molar refractivity (Wildman–Crippen MR) is 68.1 cm³/mol. The molecule has 1 aliphatic rings. The minimum absolute atomic E-state index is 0.258. The summed E-state index contributed by atoms with van der Waals surface area (Å²) < 4.78 is 0. The van der Waals surface area contributed by atoms with E-state index in [4.69, 9.17) is 0 Å². The third kappa shape index (κ3) is 2.17. The maximum absolute atomic E-state index is 9.49. The highest BCUT2D eigenvalue weighted by atomic mass is 16.3. The summed E-state index contributed by atoms with van der Waals surface area (Å²) in [6.45, 7) is 1.43. The van der Waals surface area contributed by atoms with Gasteiger partial charge in [0.1, 0.15) is 0 Å². The van der Waals surface area contributed by atoms with Crippen molar-refractivity contribution in [3.63, 3.8) is 0 Å². The van der Waals surface area contributed by atoms with Gasteiger partial charge in [-0.1, -0.05) is 6.07 Å². The number of aromatic nitrogens is 3. The van der Waals surface area contributed by atoms with Crippen LogP contribution < -0.4 is 4.90 Å². The summed E-state index contributed by atoms with van der Waals surface area (Å²) in [5.41, 5.74) is 1.96. The predicted octanol–water partition coefficient (Wildman–Crippen LogP) is 1.11. The summed E-state index contributed by atoms with van der Waals surface area (Å²) in [6, 6.07) is 3.87. The minimum atomic E-state index is -0.258. The molecule has 1 atom stereocenters. The van der Waals surface area contributed by atoms with Crippen LogP contribution in [-0.4, -0.2) is 39.3 Å². The van der Waals surface area contributed by atoms with E-state index in [2.05, 4.69) is 15.0 Å². The van der Waals surface area contributed by atoms with Gasteiger partial charge in [0.05, 0.1) is 6.10 Å². The molecule has 1 saturated heterocycles. The molecule has 0 aromatic carbocycles. The van der Waals surface area contributed by atoms with E-state index < -0.39 is 0 Å². The van der Waals surface area contributed by atoms with E-state index in [1.165, 1.54) is 0 Å². The Morgan fingerprint density at radius 2 is 2.00 bits per heavy atom. The van der Waals surface area contributed by atoms with Gasteiger partial charge in [-0.15, -0.1) is 0 Å². The third-order valence-electron chi connectivity index (χ3n) is 3.08. The zero-order chi connectivity index (χ0) is 12.4. The summed E-state index contributed by atoms with van der Waals surface area (Å²) in [5, 5.41) is 9.49. The van der Waals surface area contributed by atoms with Gasteiger partial charge in [-0.2, -0.15) is 0 Å². The second-order valence-corrected chi connectivity index (χ2v) is 4.40. The molecule has 0 aliphatic carbocycles. The summed E-state index contributed by atoms with van der Waals surface area (Å²) in [7, 11) is 0. The van der Waals surface area contributed by atoms with Crippen molar-refractivity contribution in [1.82, 2.24) is 15.0 Å². The van der Waals surface area contributed by atoms with E-state index in [1.54, 1.807) is 24.8 Å². The molecule has 1 N–H and O–H groups in total. The van der Waals surface area contributed by atoms with Crippen LogP contribution in [0.15, 0.2) is 36.9 Å². The number of hydrogen-bond acceptors (Lipinski definition) is 5. The average Bonchev–Trinajstić information content (AvgIpc) is 2.87. The van der Waals surface area contributed by atoms with Crippen LogP contribution in [0.25, 0.3) is 11.1 Å². The zero-order valence-electron chi connectivity index (χ0n) is 9.90. The summed E-state index contributed by atoms with van der Waals surface area (Å²) in [5.74, 6) is 0.680. The Kier molecular flexibility index (Phi) is 2.90. The molecular formula is C13H14N4O. The number of β-amino-alcohol motifs (C(OH)–C–C–N with tert-alkyl or cyclic N) is 1. The molecular weight excluding hydrogens is 228 g/mol. The number of hydrogen-bond donors (Lipinski definition) is 1. The normalized spacial score (nSPS) is 19.2. The lowest BCUT2D eigenvalue weighted by atomic mass is 10.2. The molecule has 0 radical (unpaired) electrons. The lowest BCUT2D eigenvalue weighted by Crippen LogP contribution is -2.23. The summed E-state index contributed by atoms with van der Waals surface area (Å²) in [6.07, 6.45) is 7.65. The Morgan fingerprint density at radius 3 is 2.61 bits per heavy atom. The minimum Gasteiger partial charge on any atom is -0.391 e. The molecule has 1 unspecified atom stereocenters. The first-order valence-electron chi connectivity index (χ1n) is 5.98. The molecule has 1 fully saturated rings. The third-order valence-corrected chi connectivity index (χ3v) is 3.08. The van der Waals surface area contributed by atoms with Crippen molar-refractivity contribution >= 4 is 5.95 Å². The van der Waals surface area contributed by atoms with E-state index in [9.17, 15) is 5.11 Å². The van der Waals surface area contributed by atoms with Crippen LogP contribution in [-0.2, 0) is 0 Å². The average molecular weight is 242 g/mol. The van der Waals surface area contributed by atoms with Crippen molar-refractivity contribution in [2.24, 2.45) is 0 Å². The molecule has 3 rings (SSSR count). The van der Waals surface area contributed by atoms with Gasteiger partial charge >= 0.3 is 0 Å². The number of rotatable bonds is 2. The van der Waals surface area contributed by atoms with Gasteiger partial charge in [0.15, 0.2) is 0 Å². The van der Waals surface area contributed by atoms with Crippen LogP contribution >= 0.6 is 0 Å². The van der Waals surface area contributed by atoms with Gasteiger partial charge in [-0.05, 0) is 12.5 Å². The van der Waals surface area contributed by atoms with E-state index in [0.29, 0.717) is 12.5 Å². The molecule has 18 heavy (non-hydrogen) atoms. The van der Waals surface area contributed by atoms with Crippen LogP contribution in [0.2, 0.25) is 0 Å². The van der Waals surface area contributed by atoms with E-state index in [0.717, 1.165) is 24.1 Å². The van der Waals surface area contributed by atoms with E-state index in [-0.39, 0.29) is 6.10 Å². The fraction of sp³-hybridized carbons (Fsp3) is 0.308. The van der Waals surface area contributed by atoms with Gasteiger partial charge in [-0.25, -0.2) is 9.97 Å². The van der Waals surface area contributed by atoms with Crippen molar-refractivity contribution in [3.8, 4) is 11.1 Å². The molecule has 5 nitrogen and oxygen atoms in total. The largest absolute Gasteiger partial charge is 0.391 e. The fourth-order valence-electron chi connectivity index (χ4n) is 2.09. The fourth-order valence-corrected chi connectivity index (χ4v) is 2.09. The maximum Gasteiger partial charge on any atom is 0.225 e. The molecule has 5 heteroatoms. The van der Waals surface area contributed by atoms with Crippen molar-refractivity contribution in [2.45, 2.75) is 12.5 Å². The van der Waals surface area contributed by atoms with Crippen molar-refractivity contribution in [1.29, 1.82) is 0 Å². The smallest absolute Gasteiger partial charge is 0.225 e. The number of pyridine rings is 1. The van der Waals surface area contributed by atoms with Crippen LogP contribution in [0.5, 0.6) is 0 Å². The molecule has 92 valence electrons. The highest BCUT2D eigenvalue weighted by Crippen LogP contribution is 2.19. The van der Waals surface area contributed by atoms with Crippen LogP contribution in [0.3, 0.4) is 0 Å². The number of aliphatic hydroxyl groups excluding tert-OH is 1. The second kappa shape index (κ2) is 4.70. The zero-order valence-corrected chi connectivity index (χ0v) is 9.90. The van der Waals surface area contributed by atoms with Crippen molar-refractivity contribution in [2.75, 3.05) is 18.0 Å². The maximum atomic E-state index is 9.49. The molecule has 1 aliphatic heterocycles. The lowest BCUT2D eigenvalue weighted by molar-refractivity contribution is 0.198. The monoisotopic (exact) mass is 242 g/mol. The molecule has 3 heterocycles. The Balaban J connectivity index is 1.81. The van der Waals surface area contributed by atoms with Crippen molar-refractivity contribution < 1.29 is 5.11 Å². The first kappa shape index (κ1) is 11.1. The number of anilines is 1. The standard InChI is InChI=1S/C13H14N4O/c18-12-3-5-17(9-12)13-15-7-11(8-16-13)10-2-1-4-14-6-10/h1-2,4,6-8,12,18H,3,5,9H2. The summed E-state index contributed by atoms with van der Waals surface area (Å²) >= 11 is 0. The number of nitrogens with zero attached hydrogens (tertiary/aromatic N) is 4. The SMILES string of the molecule is OC1CCN(c2ncc(-c3cccnc3)cn2)C1. The highest BCUT2D eigenvalue weighted by molar-refractivity contribution is 5.60. The molecule has 0 amide bonds. The molecule has 0 bridgehead atoms. The summed E-state index contributed by atoms with van der Waals surface area (Å²) in [4.78, 5) is 14.8. The van der Waals surface area contributed by atoms with E-state index >= 15 is 0 Å². The van der Waals surface area contributed by atoms with Crippen LogP contribution in [0, 0.1) is 0 Å². The van der Waals surface area contributed by atoms with E-state index in [1.807, 2.05) is 17.0 Å². The van der Waals surface area contributed by atoms with Gasteiger partial charge in [0, 0.05) is 49.0 Å². The van der Waals surface area contributed by atoms with Gasteiger partial charge in [-0.3, -0.25) is 4.98 Å². The molecule has 2 aromatic rings. The Bertz CT molecular complexity index is 514. The van der Waals surface area contributed by atoms with Gasteiger partial charge in [0.2, 0.25) is 5.95 Å². The highest BCUT2D eigenvalue weighted by Gasteiger charge is 2.22. The molecule has 0 spiro atoms. The first-order valence-corrected chi connectivity index (χ1v) is 5.98. The first-order chi connectivity index (χ1) is 8.83. The van der Waals surface area contributed by atoms with Crippen LogP contribution in [0.1, 0.15) is 6.42 Å². The van der Waals surface area contributed by atoms with Gasteiger partial charge < -0.3 is 10.0 Å². The Labute approximate surface area is 105 Å². The molecule has 2 aromatic heterocycles. The number of aliphatic hydroxyl groups is 1. The van der Waals surface area contributed by atoms with Crippen molar-refractivity contribution in [3.05, 3.63) is 36.9 Å². The quantitative estimate of drug-likeness (QED) is 0.854. The topological polar surface area (TPSA) is 62.1 Å². The molecule has 0 saturated carbocycles. The van der Waals surface area contributed by atoms with Gasteiger partial charge in [0.25, 0.3) is 0 Å². The Morgan fingerprint density at radius 1 is 1.17 bits per heavy atom. The second-order valence-electron chi connectivity index (χ2n) is 4.40. The van der Waals surface area contributed by atoms with Crippen LogP contribution in [0.4, 0.5) is 5.95 Å². The lowest BCUT2D eigenvalue weighted by Gasteiger charge is -2.14.